The maximum atomic E-state index is 6.76. The second kappa shape index (κ2) is 2.36. The van der Waals surface area contributed by atoms with Crippen LogP contribution in [0.1, 0.15) is 0 Å². The van der Waals surface area contributed by atoms with Crippen molar-refractivity contribution in [2.24, 2.45) is 23.7 Å². The van der Waals surface area contributed by atoms with Crippen LogP contribution in [0.5, 0.6) is 0 Å². The molecule has 0 spiro atoms. The molecule has 9 atom stereocenters. The molecule has 0 unspecified atom stereocenters. The van der Waals surface area contributed by atoms with Crippen LogP contribution in [0.3, 0.4) is 0 Å². The molecule has 0 radical (unpaired) electrons. The minimum atomic E-state index is -1.32. The van der Waals surface area contributed by atoms with Crippen LogP contribution in [-0.2, 0) is 0 Å². The highest BCUT2D eigenvalue weighted by atomic mass is 35.5. The summed E-state index contributed by atoms with van der Waals surface area (Å²) in [6.07, 6.45) is 0. The van der Waals surface area contributed by atoms with E-state index >= 15 is 0 Å². The molecule has 7 heteroatoms. The second-order valence-electron chi connectivity index (χ2n) is 5.97. The molecular weight excluding hydrogens is 368 g/mol. The highest BCUT2D eigenvalue weighted by molar-refractivity contribution is 6.66. The van der Waals surface area contributed by atoms with Gasteiger partial charge in [0.1, 0.15) is 9.75 Å². The van der Waals surface area contributed by atoms with E-state index in [-0.39, 0.29) is 29.0 Å². The lowest BCUT2D eigenvalue weighted by Crippen LogP contribution is -2.88. The van der Waals surface area contributed by atoms with E-state index in [9.17, 15) is 0 Å². The zero-order chi connectivity index (χ0) is 12.4. The molecule has 94 valence electrons. The Labute approximate surface area is 133 Å². The van der Waals surface area contributed by atoms with Crippen molar-refractivity contribution in [1.29, 1.82) is 0 Å². The van der Waals surface area contributed by atoms with Crippen LogP contribution in [0.15, 0.2) is 0 Å². The van der Waals surface area contributed by atoms with Crippen LogP contribution < -0.4 is 0 Å². The lowest BCUT2D eigenvalue weighted by atomic mass is 9.39. The largest absolute Gasteiger partial charge is 0.160 e. The Morgan fingerprint density at radius 3 is 1.41 bits per heavy atom. The van der Waals surface area contributed by atoms with Gasteiger partial charge in [0, 0.05) is 17.2 Å². The van der Waals surface area contributed by atoms with Crippen molar-refractivity contribution in [2.75, 3.05) is 0 Å². The molecule has 6 aliphatic carbocycles. The topological polar surface area (TPSA) is 0 Å². The predicted octanol–water partition coefficient (Wildman–Crippen LogP) is 4.21. The first-order valence-corrected chi connectivity index (χ1v) is 8.13. The summed E-state index contributed by atoms with van der Waals surface area (Å²) in [6.45, 7) is 0. The fraction of sp³-hybridized carbons (Fsp3) is 1.00. The van der Waals surface area contributed by atoms with E-state index < -0.39 is 23.8 Å². The van der Waals surface area contributed by atoms with Gasteiger partial charge < -0.3 is 0 Å². The molecule has 0 aliphatic heterocycles. The molecular formula is C10H5Cl7. The molecule has 0 N–H and O–H groups in total. The number of hydrogen-bond acceptors (Lipinski definition) is 0. The molecule has 0 saturated heterocycles. The van der Waals surface area contributed by atoms with Gasteiger partial charge in [0.15, 0.2) is 4.33 Å². The van der Waals surface area contributed by atoms with E-state index in [4.69, 9.17) is 81.2 Å². The first kappa shape index (κ1) is 11.7. The third kappa shape index (κ3) is 0.559. The van der Waals surface area contributed by atoms with E-state index in [1.807, 2.05) is 0 Å². The molecule has 6 aliphatic rings. The smallest absolute Gasteiger partial charge is 0.122 e. The van der Waals surface area contributed by atoms with Gasteiger partial charge in [-0.05, 0) is 11.8 Å². The maximum absolute atomic E-state index is 6.76. The minimum absolute atomic E-state index is 0.0357. The molecule has 6 fully saturated rings. The number of alkyl halides is 7. The van der Waals surface area contributed by atoms with Crippen LogP contribution >= 0.6 is 81.2 Å². The van der Waals surface area contributed by atoms with E-state index in [0.29, 0.717) is 0 Å². The Hall–Kier alpha value is 2.03. The molecule has 0 heterocycles. The third-order valence-electron chi connectivity index (χ3n) is 6.19. The van der Waals surface area contributed by atoms with Crippen LogP contribution in [0, 0.1) is 23.7 Å². The number of hydrogen-bond donors (Lipinski definition) is 0. The third-order valence-corrected chi connectivity index (χ3v) is 12.0. The van der Waals surface area contributed by atoms with E-state index in [2.05, 4.69) is 0 Å². The zero-order valence-corrected chi connectivity index (χ0v) is 13.3. The number of rotatable bonds is 0. The summed E-state index contributed by atoms with van der Waals surface area (Å²) in [6, 6.07) is 0. The average molecular weight is 373 g/mol. The predicted molar refractivity (Wildman–Crippen MR) is 72.4 cm³/mol. The van der Waals surface area contributed by atoms with Gasteiger partial charge in [-0.1, -0.05) is 23.2 Å². The Bertz CT molecular complexity index is 500. The van der Waals surface area contributed by atoms with Gasteiger partial charge in [0.05, 0.1) is 9.75 Å². The first-order chi connectivity index (χ1) is 7.65. The lowest BCUT2D eigenvalue weighted by molar-refractivity contribution is -0.106. The van der Waals surface area contributed by atoms with Crippen LogP contribution in [0.2, 0.25) is 0 Å². The SMILES string of the molecule is Cl[C@H]1[C@H]2[C@H]3[C@H]4[C@@H]1[C@]1(Cl)C(Cl)(Cl)[C@@]4(Cl)[C@]3(Cl)[C@]21Cl. The highest BCUT2D eigenvalue weighted by Crippen LogP contribution is 3.03. The first-order valence-electron chi connectivity index (χ1n) is 5.42. The maximum Gasteiger partial charge on any atom is 0.160 e. The molecule has 6 rings (SSSR count). The van der Waals surface area contributed by atoms with Crippen LogP contribution in [-0.4, -0.2) is 29.2 Å². The van der Waals surface area contributed by atoms with Gasteiger partial charge >= 0.3 is 0 Å². The summed E-state index contributed by atoms with van der Waals surface area (Å²) >= 11 is 46.4. The average Bonchev–Trinajstić information content (AvgIpc) is 2.64. The summed E-state index contributed by atoms with van der Waals surface area (Å²) in [7, 11) is 0. The van der Waals surface area contributed by atoms with E-state index in [1.54, 1.807) is 0 Å². The van der Waals surface area contributed by atoms with E-state index in [0.717, 1.165) is 0 Å². The Kier molecular flexibility index (Phi) is 1.62. The fourth-order valence-corrected chi connectivity index (χ4v) is 11.2. The molecule has 4 bridgehead atoms. The van der Waals surface area contributed by atoms with Crippen molar-refractivity contribution >= 4 is 81.2 Å². The molecule has 0 aromatic carbocycles. The Morgan fingerprint density at radius 2 is 0.882 bits per heavy atom. The quantitative estimate of drug-likeness (QED) is 0.558. The molecule has 0 nitrogen and oxygen atoms in total. The Balaban J connectivity index is 1.95. The molecule has 17 heavy (non-hydrogen) atoms. The highest BCUT2D eigenvalue weighted by Gasteiger charge is 3.14. The zero-order valence-electron chi connectivity index (χ0n) is 8.03. The van der Waals surface area contributed by atoms with Gasteiger partial charge in [0.2, 0.25) is 0 Å². The second-order valence-corrected chi connectivity index (χ2v) is 10.2. The monoisotopic (exact) mass is 370 g/mol. The van der Waals surface area contributed by atoms with Gasteiger partial charge in [0.25, 0.3) is 0 Å². The standard InChI is InChI=1S/C10H5Cl7/c11-5-3-1-2-4(5)9(15)7(3,13)6(1,12)8(2,14)10(9,16)17/h1-5H/t1-,2+,3-,4+,5+,6-,7-,8+,9-/m1/s1. The van der Waals surface area contributed by atoms with Gasteiger partial charge in [-0.3, -0.25) is 0 Å². The minimum Gasteiger partial charge on any atom is -0.122 e. The number of halogens is 7. The van der Waals surface area contributed by atoms with Gasteiger partial charge in [-0.2, -0.15) is 0 Å². The summed E-state index contributed by atoms with van der Waals surface area (Å²) < 4.78 is -1.32. The van der Waals surface area contributed by atoms with E-state index in [1.165, 1.54) is 0 Å². The van der Waals surface area contributed by atoms with Crippen molar-refractivity contribution < 1.29 is 0 Å². The molecule has 0 amide bonds. The van der Waals surface area contributed by atoms with Crippen molar-refractivity contribution in [2.45, 2.75) is 29.2 Å². The fourth-order valence-electron chi connectivity index (χ4n) is 5.92. The summed E-state index contributed by atoms with van der Waals surface area (Å²) in [5.41, 5.74) is 0. The van der Waals surface area contributed by atoms with Crippen LogP contribution in [0.4, 0.5) is 0 Å². The normalized spacial score (nSPS) is 83.8. The van der Waals surface area contributed by atoms with Gasteiger partial charge in [-0.25, -0.2) is 0 Å². The van der Waals surface area contributed by atoms with Gasteiger partial charge in [-0.15, -0.1) is 58.0 Å². The molecule has 0 aromatic rings. The van der Waals surface area contributed by atoms with Crippen LogP contribution in [0.25, 0.3) is 0 Å². The summed E-state index contributed by atoms with van der Waals surface area (Å²) in [5, 5.41) is -0.119. The van der Waals surface area contributed by atoms with Crippen molar-refractivity contribution in [3.63, 3.8) is 0 Å². The van der Waals surface area contributed by atoms with Crippen molar-refractivity contribution in [1.82, 2.24) is 0 Å². The summed E-state index contributed by atoms with van der Waals surface area (Å²) in [5.74, 6) is 0.369. The lowest BCUT2D eigenvalue weighted by Gasteiger charge is -2.76. The van der Waals surface area contributed by atoms with Crippen molar-refractivity contribution in [3.05, 3.63) is 0 Å². The molecule has 0 aromatic heterocycles. The van der Waals surface area contributed by atoms with Crippen molar-refractivity contribution in [3.8, 4) is 0 Å². The summed E-state index contributed by atoms with van der Waals surface area (Å²) in [4.78, 5) is -3.62. The molecule has 6 saturated carbocycles. The Morgan fingerprint density at radius 1 is 0.529 bits per heavy atom.